The molecule has 0 radical (unpaired) electrons. The number of hydrogen-bond donors (Lipinski definition) is 2. The molecule has 98 valence electrons. The molecule has 0 bridgehead atoms. The number of hydrogen-bond acceptors (Lipinski definition) is 6. The molecule has 7 nitrogen and oxygen atoms in total. The van der Waals surface area contributed by atoms with Crippen molar-refractivity contribution in [2.24, 2.45) is 5.84 Å². The summed E-state index contributed by atoms with van der Waals surface area (Å²) >= 11 is 0. The van der Waals surface area contributed by atoms with E-state index < -0.39 is 4.92 Å². The van der Waals surface area contributed by atoms with E-state index in [2.05, 4.69) is 10.4 Å². The highest BCUT2D eigenvalue weighted by atomic mass is 16.6. The second kappa shape index (κ2) is 7.36. The first kappa shape index (κ1) is 14.1. The molecule has 0 aliphatic rings. The van der Waals surface area contributed by atoms with Crippen LogP contribution in [-0.2, 0) is 11.2 Å². The van der Waals surface area contributed by atoms with E-state index in [1.54, 1.807) is 25.6 Å². The Balaban J connectivity index is 2.94. The van der Waals surface area contributed by atoms with Crippen LogP contribution in [0.1, 0.15) is 12.0 Å². The lowest BCUT2D eigenvalue weighted by molar-refractivity contribution is -0.433. The summed E-state index contributed by atoms with van der Waals surface area (Å²) in [4.78, 5) is 14.3. The third-order valence-electron chi connectivity index (χ3n) is 2.40. The van der Waals surface area contributed by atoms with E-state index in [9.17, 15) is 10.1 Å². The number of nitrogens with two attached hydrogens (primary N) is 1. The molecular formula is C11H16N4O3. The number of nitrogens with zero attached hydrogens (tertiary/aromatic N) is 2. The van der Waals surface area contributed by atoms with Gasteiger partial charge in [-0.15, -0.1) is 0 Å². The van der Waals surface area contributed by atoms with Gasteiger partial charge in [0.15, 0.2) is 0 Å². The first-order valence-electron chi connectivity index (χ1n) is 5.40. The van der Waals surface area contributed by atoms with Crippen molar-refractivity contribution >= 4 is 0 Å². The Bertz CT molecular complexity index is 420. The third-order valence-corrected chi connectivity index (χ3v) is 2.40. The van der Waals surface area contributed by atoms with Crippen LogP contribution < -0.4 is 11.3 Å². The largest absolute Gasteiger partial charge is 0.384 e. The van der Waals surface area contributed by atoms with Crippen molar-refractivity contribution in [3.8, 4) is 0 Å². The van der Waals surface area contributed by atoms with Crippen LogP contribution in [0.3, 0.4) is 0 Å². The third kappa shape index (κ3) is 4.11. The number of ether oxygens (including phenoxy) is 1. The van der Waals surface area contributed by atoms with Crippen molar-refractivity contribution in [2.45, 2.75) is 12.8 Å². The molecule has 0 aliphatic heterocycles. The number of rotatable bonds is 7. The Morgan fingerprint density at radius 2 is 2.44 bits per heavy atom. The number of hydrazine groups is 1. The summed E-state index contributed by atoms with van der Waals surface area (Å²) in [5.74, 6) is 5.01. The van der Waals surface area contributed by atoms with Gasteiger partial charge in [0, 0.05) is 37.9 Å². The Morgan fingerprint density at radius 1 is 1.67 bits per heavy atom. The topological polar surface area (TPSA) is 103 Å². The highest BCUT2D eigenvalue weighted by Crippen LogP contribution is 2.14. The highest BCUT2D eigenvalue weighted by molar-refractivity contribution is 5.20. The fourth-order valence-corrected chi connectivity index (χ4v) is 1.55. The molecule has 0 fully saturated rings. The van der Waals surface area contributed by atoms with Crippen LogP contribution in [0, 0.1) is 10.1 Å². The first-order chi connectivity index (χ1) is 8.69. The van der Waals surface area contributed by atoms with E-state index in [0.29, 0.717) is 25.0 Å². The van der Waals surface area contributed by atoms with Crippen molar-refractivity contribution in [3.63, 3.8) is 0 Å². The zero-order valence-electron chi connectivity index (χ0n) is 10.1. The Hall–Kier alpha value is -1.99. The Kier molecular flexibility index (Phi) is 5.75. The van der Waals surface area contributed by atoms with Gasteiger partial charge in [0.05, 0.1) is 6.61 Å². The summed E-state index contributed by atoms with van der Waals surface area (Å²) in [6, 6.07) is 3.64. The molecule has 0 atom stereocenters. The quantitative estimate of drug-likeness (QED) is 0.418. The minimum Gasteiger partial charge on any atom is -0.384 e. The van der Waals surface area contributed by atoms with Crippen molar-refractivity contribution < 1.29 is 9.66 Å². The summed E-state index contributed by atoms with van der Waals surface area (Å²) in [5, 5.41) is 10.9. The fraction of sp³-hybridized carbons (Fsp3) is 0.364. The van der Waals surface area contributed by atoms with Crippen LogP contribution >= 0.6 is 0 Å². The summed E-state index contributed by atoms with van der Waals surface area (Å²) in [6.07, 6.45) is 4.17. The molecule has 1 aromatic heterocycles. The minimum atomic E-state index is -0.526. The Labute approximate surface area is 105 Å². The summed E-state index contributed by atoms with van der Waals surface area (Å²) in [6.45, 7) is 0.397. The molecule has 0 spiro atoms. The van der Waals surface area contributed by atoms with Gasteiger partial charge >= 0.3 is 5.82 Å². The van der Waals surface area contributed by atoms with E-state index in [1.165, 1.54) is 0 Å². The highest BCUT2D eigenvalue weighted by Gasteiger charge is 2.16. The standard InChI is InChI=1S/C11H16N4O3/c1-18-6-4-10(11(14-12)15(16)17)7-9-3-2-5-13-8-9/h2-3,5,8,14H,4,6-7,12H2,1H3. The maximum absolute atomic E-state index is 10.9. The predicted molar refractivity (Wildman–Crippen MR) is 65.8 cm³/mol. The fourth-order valence-electron chi connectivity index (χ4n) is 1.55. The molecule has 0 aliphatic carbocycles. The van der Waals surface area contributed by atoms with Gasteiger partial charge in [0.2, 0.25) is 0 Å². The molecule has 0 unspecified atom stereocenters. The van der Waals surface area contributed by atoms with Crippen LogP contribution in [0.15, 0.2) is 35.9 Å². The van der Waals surface area contributed by atoms with Crippen molar-refractivity contribution in [1.29, 1.82) is 0 Å². The van der Waals surface area contributed by atoms with Crippen molar-refractivity contribution in [2.75, 3.05) is 13.7 Å². The van der Waals surface area contributed by atoms with E-state index in [4.69, 9.17) is 10.6 Å². The van der Waals surface area contributed by atoms with Gasteiger partial charge in [-0.3, -0.25) is 4.98 Å². The molecular weight excluding hydrogens is 236 g/mol. The lowest BCUT2D eigenvalue weighted by Gasteiger charge is -2.09. The maximum Gasteiger partial charge on any atom is 0.333 e. The normalized spacial score (nSPS) is 11.9. The molecule has 1 aromatic rings. The van der Waals surface area contributed by atoms with E-state index in [1.807, 2.05) is 6.07 Å². The second-order valence-electron chi connectivity index (χ2n) is 3.63. The lowest BCUT2D eigenvalue weighted by atomic mass is 10.0. The van der Waals surface area contributed by atoms with Gasteiger partial charge in [-0.2, -0.15) is 11.3 Å². The maximum atomic E-state index is 10.9. The van der Waals surface area contributed by atoms with Gasteiger partial charge in [-0.25, -0.2) is 0 Å². The monoisotopic (exact) mass is 252 g/mol. The molecule has 7 heteroatoms. The molecule has 0 saturated heterocycles. The van der Waals surface area contributed by atoms with Crippen LogP contribution in [0.4, 0.5) is 0 Å². The van der Waals surface area contributed by atoms with E-state index in [0.717, 1.165) is 5.56 Å². The second-order valence-corrected chi connectivity index (χ2v) is 3.63. The van der Waals surface area contributed by atoms with Crippen LogP contribution in [0.25, 0.3) is 0 Å². The summed E-state index contributed by atoms with van der Waals surface area (Å²) in [5.41, 5.74) is 3.60. The number of nitrogens with one attached hydrogen (secondary N) is 1. The Morgan fingerprint density at radius 3 is 2.94 bits per heavy atom. The minimum absolute atomic E-state index is 0.184. The SMILES string of the molecule is COCCC(Cc1cccnc1)=C(NN)[N+](=O)[O-]. The zero-order chi connectivity index (χ0) is 13.4. The number of pyridine rings is 1. The van der Waals surface area contributed by atoms with Gasteiger partial charge < -0.3 is 14.9 Å². The van der Waals surface area contributed by atoms with Gasteiger partial charge in [0.1, 0.15) is 0 Å². The molecule has 18 heavy (non-hydrogen) atoms. The van der Waals surface area contributed by atoms with Gasteiger partial charge in [-0.05, 0) is 16.6 Å². The molecule has 3 N–H and O–H groups in total. The number of methoxy groups -OCH3 is 1. The summed E-state index contributed by atoms with van der Waals surface area (Å²) < 4.78 is 4.94. The molecule has 1 rings (SSSR count). The summed E-state index contributed by atoms with van der Waals surface area (Å²) in [7, 11) is 1.55. The number of nitro groups is 1. The van der Waals surface area contributed by atoms with Crippen molar-refractivity contribution in [1.82, 2.24) is 10.4 Å². The van der Waals surface area contributed by atoms with E-state index >= 15 is 0 Å². The zero-order valence-corrected chi connectivity index (χ0v) is 10.1. The first-order valence-corrected chi connectivity index (χ1v) is 5.40. The predicted octanol–water partition coefficient (Wildman–Crippen LogP) is 0.612. The molecule has 0 amide bonds. The van der Waals surface area contributed by atoms with Crippen molar-refractivity contribution in [3.05, 3.63) is 51.6 Å². The van der Waals surface area contributed by atoms with E-state index in [-0.39, 0.29) is 5.82 Å². The van der Waals surface area contributed by atoms with Gasteiger partial charge in [-0.1, -0.05) is 6.07 Å². The van der Waals surface area contributed by atoms with Crippen LogP contribution in [0.2, 0.25) is 0 Å². The number of aromatic nitrogens is 1. The van der Waals surface area contributed by atoms with Crippen LogP contribution in [0.5, 0.6) is 0 Å². The smallest absolute Gasteiger partial charge is 0.333 e. The van der Waals surface area contributed by atoms with Gasteiger partial charge in [0.25, 0.3) is 0 Å². The average Bonchev–Trinajstić information content (AvgIpc) is 2.37. The lowest BCUT2D eigenvalue weighted by Crippen LogP contribution is -2.28. The average molecular weight is 252 g/mol. The van der Waals surface area contributed by atoms with Crippen LogP contribution in [-0.4, -0.2) is 23.6 Å². The molecule has 0 saturated carbocycles. The molecule has 0 aromatic carbocycles. The molecule has 1 heterocycles.